The molecule has 0 radical (unpaired) electrons. The molecule has 14 heavy (non-hydrogen) atoms. The van der Waals surface area contributed by atoms with Gasteiger partial charge in [0.1, 0.15) is 5.75 Å². The Hall–Kier alpha value is -0.730. The van der Waals surface area contributed by atoms with Gasteiger partial charge in [0.05, 0.1) is 12.1 Å². The summed E-state index contributed by atoms with van der Waals surface area (Å²) in [6.07, 6.45) is 2.38. The Balaban J connectivity index is 2.32. The van der Waals surface area contributed by atoms with Gasteiger partial charge in [0, 0.05) is 6.04 Å². The van der Waals surface area contributed by atoms with Gasteiger partial charge in [-0.15, -0.1) is 0 Å². The summed E-state index contributed by atoms with van der Waals surface area (Å²) < 4.78 is 5.19. The quantitative estimate of drug-likeness (QED) is 0.813. The zero-order valence-corrected chi connectivity index (χ0v) is 8.97. The smallest absolute Gasteiger partial charge is 0.137 e. The fraction of sp³-hybridized carbons (Fsp3) is 0.455. The molecule has 1 aliphatic rings. The van der Waals surface area contributed by atoms with Crippen molar-refractivity contribution in [3.05, 3.63) is 28.8 Å². The van der Waals surface area contributed by atoms with Crippen LogP contribution in [0.15, 0.2) is 18.2 Å². The Labute approximate surface area is 89.2 Å². The molecule has 3 heteroatoms. The average molecular weight is 212 g/mol. The normalized spacial score (nSPS) is 21.1. The van der Waals surface area contributed by atoms with Gasteiger partial charge in [-0.1, -0.05) is 23.7 Å². The van der Waals surface area contributed by atoms with Gasteiger partial charge < -0.3 is 10.1 Å². The summed E-state index contributed by atoms with van der Waals surface area (Å²) in [6.45, 7) is 1.08. The summed E-state index contributed by atoms with van der Waals surface area (Å²) in [5, 5.41) is 4.17. The largest absolute Gasteiger partial charge is 0.495 e. The van der Waals surface area contributed by atoms with Gasteiger partial charge in [0.2, 0.25) is 0 Å². The topological polar surface area (TPSA) is 21.3 Å². The first-order valence-electron chi connectivity index (χ1n) is 4.88. The van der Waals surface area contributed by atoms with E-state index < -0.39 is 0 Å². The molecular formula is C11H14ClNO. The lowest BCUT2D eigenvalue weighted by molar-refractivity contribution is 0.414. The van der Waals surface area contributed by atoms with Crippen LogP contribution in [0, 0.1) is 0 Å². The van der Waals surface area contributed by atoms with Gasteiger partial charge in [0.25, 0.3) is 0 Å². The van der Waals surface area contributed by atoms with Crippen molar-refractivity contribution in [3.8, 4) is 5.75 Å². The van der Waals surface area contributed by atoms with Crippen molar-refractivity contribution in [2.75, 3.05) is 13.7 Å². The molecule has 2 rings (SSSR count). The highest BCUT2D eigenvalue weighted by Crippen LogP contribution is 2.34. The Morgan fingerprint density at radius 2 is 2.36 bits per heavy atom. The van der Waals surface area contributed by atoms with Crippen LogP contribution >= 0.6 is 11.6 Å². The summed E-state index contributed by atoms with van der Waals surface area (Å²) >= 11 is 6.22. The van der Waals surface area contributed by atoms with Crippen LogP contribution in [0.4, 0.5) is 0 Å². The average Bonchev–Trinajstić information content (AvgIpc) is 2.71. The molecule has 0 spiro atoms. The first kappa shape index (κ1) is 9.81. The molecule has 1 atom stereocenters. The van der Waals surface area contributed by atoms with Gasteiger partial charge in [-0.05, 0) is 31.0 Å². The van der Waals surface area contributed by atoms with Crippen molar-refractivity contribution in [2.45, 2.75) is 18.9 Å². The van der Waals surface area contributed by atoms with Gasteiger partial charge in [0.15, 0.2) is 0 Å². The first-order valence-corrected chi connectivity index (χ1v) is 5.26. The minimum atomic E-state index is 0.401. The Kier molecular flexibility index (Phi) is 2.94. The number of benzene rings is 1. The van der Waals surface area contributed by atoms with Crippen molar-refractivity contribution < 1.29 is 4.74 Å². The standard InChI is InChI=1S/C11H14ClNO/c1-14-10-6-2-4-8(11(10)12)9-5-3-7-13-9/h2,4,6,9,13H,3,5,7H2,1H3/t9-/m1/s1. The fourth-order valence-corrected chi connectivity index (χ4v) is 2.24. The van der Waals surface area contributed by atoms with Gasteiger partial charge >= 0.3 is 0 Å². The Bertz CT molecular complexity index is 321. The third-order valence-electron chi connectivity index (χ3n) is 2.65. The Morgan fingerprint density at radius 3 is 3.00 bits per heavy atom. The van der Waals surface area contributed by atoms with E-state index >= 15 is 0 Å². The summed E-state index contributed by atoms with van der Waals surface area (Å²) in [6, 6.07) is 6.34. The third kappa shape index (κ3) is 1.72. The number of halogens is 1. The summed E-state index contributed by atoms with van der Waals surface area (Å²) in [5.41, 5.74) is 1.16. The Morgan fingerprint density at radius 1 is 1.50 bits per heavy atom. The molecule has 1 N–H and O–H groups in total. The lowest BCUT2D eigenvalue weighted by atomic mass is 10.1. The SMILES string of the molecule is COc1cccc([C@H]2CCCN2)c1Cl. The zero-order valence-electron chi connectivity index (χ0n) is 8.22. The van der Waals surface area contributed by atoms with E-state index in [1.807, 2.05) is 12.1 Å². The third-order valence-corrected chi connectivity index (χ3v) is 3.05. The van der Waals surface area contributed by atoms with Crippen LogP contribution in [0.1, 0.15) is 24.4 Å². The first-order chi connectivity index (χ1) is 6.83. The molecule has 1 aromatic carbocycles. The van der Waals surface area contributed by atoms with Crippen LogP contribution in [-0.2, 0) is 0 Å². The molecule has 0 bridgehead atoms. The maximum Gasteiger partial charge on any atom is 0.137 e. The number of rotatable bonds is 2. The van der Waals surface area contributed by atoms with E-state index in [1.54, 1.807) is 7.11 Å². The number of hydrogen-bond donors (Lipinski definition) is 1. The number of nitrogens with one attached hydrogen (secondary N) is 1. The molecule has 1 aliphatic heterocycles. The van der Waals surface area contributed by atoms with Gasteiger partial charge in [-0.3, -0.25) is 0 Å². The number of hydrogen-bond acceptors (Lipinski definition) is 2. The molecule has 1 fully saturated rings. The van der Waals surface area contributed by atoms with Crippen molar-refractivity contribution in [1.29, 1.82) is 0 Å². The van der Waals surface area contributed by atoms with E-state index in [-0.39, 0.29) is 0 Å². The number of methoxy groups -OCH3 is 1. The number of ether oxygens (including phenoxy) is 1. The summed E-state index contributed by atoms with van der Waals surface area (Å²) in [5.74, 6) is 0.762. The van der Waals surface area contributed by atoms with Crippen LogP contribution in [0.3, 0.4) is 0 Å². The van der Waals surface area contributed by atoms with E-state index in [2.05, 4.69) is 11.4 Å². The lowest BCUT2D eigenvalue weighted by Gasteiger charge is -2.14. The van der Waals surface area contributed by atoms with E-state index in [9.17, 15) is 0 Å². The predicted molar refractivity (Wildman–Crippen MR) is 58.0 cm³/mol. The van der Waals surface area contributed by atoms with Crippen LogP contribution in [0.2, 0.25) is 5.02 Å². The van der Waals surface area contributed by atoms with Crippen molar-refractivity contribution in [1.82, 2.24) is 5.32 Å². The van der Waals surface area contributed by atoms with Crippen LogP contribution in [0.5, 0.6) is 5.75 Å². The van der Waals surface area contributed by atoms with Crippen molar-refractivity contribution in [3.63, 3.8) is 0 Å². The minimum absolute atomic E-state index is 0.401. The van der Waals surface area contributed by atoms with Gasteiger partial charge in [-0.2, -0.15) is 0 Å². The molecule has 2 nitrogen and oxygen atoms in total. The second kappa shape index (κ2) is 4.20. The molecule has 0 saturated carbocycles. The highest BCUT2D eigenvalue weighted by atomic mass is 35.5. The molecule has 1 aromatic rings. The molecule has 0 aromatic heterocycles. The molecule has 76 valence electrons. The predicted octanol–water partition coefficient (Wildman–Crippen LogP) is 2.77. The van der Waals surface area contributed by atoms with E-state index in [0.717, 1.165) is 29.3 Å². The lowest BCUT2D eigenvalue weighted by Crippen LogP contribution is -2.13. The fourth-order valence-electron chi connectivity index (χ4n) is 1.90. The molecule has 0 amide bonds. The van der Waals surface area contributed by atoms with Gasteiger partial charge in [-0.25, -0.2) is 0 Å². The van der Waals surface area contributed by atoms with Crippen LogP contribution < -0.4 is 10.1 Å². The van der Waals surface area contributed by atoms with Crippen molar-refractivity contribution >= 4 is 11.6 Å². The maximum absolute atomic E-state index is 6.22. The minimum Gasteiger partial charge on any atom is -0.495 e. The zero-order chi connectivity index (χ0) is 9.97. The van der Waals surface area contributed by atoms with Crippen molar-refractivity contribution in [2.24, 2.45) is 0 Å². The monoisotopic (exact) mass is 211 g/mol. The molecule has 1 saturated heterocycles. The molecular weight excluding hydrogens is 198 g/mol. The molecule has 0 aliphatic carbocycles. The second-order valence-corrected chi connectivity index (χ2v) is 3.89. The van der Waals surface area contributed by atoms with Crippen LogP contribution in [-0.4, -0.2) is 13.7 Å². The highest BCUT2D eigenvalue weighted by molar-refractivity contribution is 6.32. The summed E-state index contributed by atoms with van der Waals surface area (Å²) in [4.78, 5) is 0. The highest BCUT2D eigenvalue weighted by Gasteiger charge is 2.19. The van der Waals surface area contributed by atoms with E-state index in [4.69, 9.17) is 16.3 Å². The van der Waals surface area contributed by atoms with Crippen LogP contribution in [0.25, 0.3) is 0 Å². The molecule has 0 unspecified atom stereocenters. The summed E-state index contributed by atoms with van der Waals surface area (Å²) in [7, 11) is 1.65. The second-order valence-electron chi connectivity index (χ2n) is 3.51. The van der Waals surface area contributed by atoms with E-state index in [0.29, 0.717) is 6.04 Å². The molecule has 1 heterocycles. The van der Waals surface area contributed by atoms with E-state index in [1.165, 1.54) is 6.42 Å². The maximum atomic E-state index is 6.22.